The zero-order chi connectivity index (χ0) is 17.1. The smallest absolute Gasteiger partial charge is 0.332 e. The molecule has 1 aromatic carbocycles. The Bertz CT molecular complexity index is 914. The minimum Gasteiger partial charge on any atom is -0.497 e. The second-order valence-electron chi connectivity index (χ2n) is 5.27. The molecule has 0 N–H and O–H groups in total. The highest BCUT2D eigenvalue weighted by atomic mass is 32.1. The Hall–Kier alpha value is -2.45. The highest BCUT2D eigenvalue weighted by molar-refractivity contribution is 7.07. The summed E-state index contributed by atoms with van der Waals surface area (Å²) in [5.41, 5.74) is 0.891. The quantitative estimate of drug-likeness (QED) is 0.724. The van der Waals surface area contributed by atoms with Gasteiger partial charge in [-0.25, -0.2) is 9.79 Å². The maximum Gasteiger partial charge on any atom is 0.332 e. The van der Waals surface area contributed by atoms with Crippen molar-refractivity contribution in [3.05, 3.63) is 49.5 Å². The number of fused-ring (bicyclic) bond motifs is 1. The largest absolute Gasteiger partial charge is 0.497 e. The number of hydrogen-bond donors (Lipinski definition) is 0. The van der Waals surface area contributed by atoms with Crippen molar-refractivity contribution in [2.45, 2.75) is 13.2 Å². The predicted molar refractivity (Wildman–Crippen MR) is 89.2 cm³/mol. The lowest BCUT2D eigenvalue weighted by Crippen LogP contribution is -2.42. The van der Waals surface area contributed by atoms with E-state index >= 15 is 0 Å². The minimum absolute atomic E-state index is 0.219. The van der Waals surface area contributed by atoms with Gasteiger partial charge in [0.25, 0.3) is 5.56 Å². The number of thiazole rings is 1. The van der Waals surface area contributed by atoms with Crippen molar-refractivity contribution < 1.29 is 14.3 Å². The first-order chi connectivity index (χ1) is 11.6. The Morgan fingerprint density at radius 1 is 1.33 bits per heavy atom. The van der Waals surface area contributed by atoms with Gasteiger partial charge in [-0.1, -0.05) is 23.5 Å². The highest BCUT2D eigenvalue weighted by Gasteiger charge is 2.16. The third-order valence-electron chi connectivity index (χ3n) is 3.65. The van der Waals surface area contributed by atoms with Crippen LogP contribution in [0.15, 0.2) is 34.1 Å². The summed E-state index contributed by atoms with van der Waals surface area (Å²) < 4.78 is 11.6. The molecule has 2 aromatic rings. The molecule has 0 saturated carbocycles. The van der Waals surface area contributed by atoms with Gasteiger partial charge in [-0.3, -0.25) is 14.3 Å². The van der Waals surface area contributed by atoms with Crippen LogP contribution >= 0.6 is 11.3 Å². The molecule has 1 aliphatic heterocycles. The number of aromatic nitrogens is 1. The molecule has 0 atom stereocenters. The summed E-state index contributed by atoms with van der Waals surface area (Å²) in [6.45, 7) is 1.62. The van der Waals surface area contributed by atoms with Crippen LogP contribution in [-0.2, 0) is 22.7 Å². The summed E-state index contributed by atoms with van der Waals surface area (Å²) in [4.78, 5) is 30.8. The van der Waals surface area contributed by atoms with E-state index in [0.29, 0.717) is 29.2 Å². The molecule has 1 aromatic heterocycles. The Morgan fingerprint density at radius 2 is 2.08 bits per heavy atom. The first-order valence-electron chi connectivity index (χ1n) is 7.30. The third-order valence-corrected chi connectivity index (χ3v) is 4.70. The minimum atomic E-state index is -0.540. The van der Waals surface area contributed by atoms with Gasteiger partial charge in [0.1, 0.15) is 10.3 Å². The molecular formula is C16H17N3O4S. The van der Waals surface area contributed by atoms with Gasteiger partial charge in [0.15, 0.2) is 4.80 Å². The van der Waals surface area contributed by atoms with Crippen LogP contribution in [0.25, 0.3) is 6.08 Å². The fourth-order valence-electron chi connectivity index (χ4n) is 2.41. The number of ether oxygens (including phenoxy) is 2. The summed E-state index contributed by atoms with van der Waals surface area (Å²) in [6.07, 6.45) is 1.21. The molecule has 0 aliphatic carbocycles. The van der Waals surface area contributed by atoms with Crippen molar-refractivity contribution in [2.75, 3.05) is 20.9 Å². The van der Waals surface area contributed by atoms with E-state index in [1.165, 1.54) is 24.5 Å². The summed E-state index contributed by atoms with van der Waals surface area (Å²) in [7, 11) is 2.91. The van der Waals surface area contributed by atoms with Crippen LogP contribution < -0.4 is 19.6 Å². The van der Waals surface area contributed by atoms with Crippen molar-refractivity contribution in [1.29, 1.82) is 0 Å². The molecule has 0 spiro atoms. The molecule has 2 heterocycles. The topological polar surface area (TPSA) is 73.1 Å². The molecule has 0 radical (unpaired) electrons. The Kier molecular flexibility index (Phi) is 4.77. The van der Waals surface area contributed by atoms with Gasteiger partial charge >= 0.3 is 5.97 Å². The molecular weight excluding hydrogens is 330 g/mol. The van der Waals surface area contributed by atoms with E-state index in [9.17, 15) is 9.59 Å². The second-order valence-corrected chi connectivity index (χ2v) is 6.28. The molecule has 0 saturated heterocycles. The molecule has 24 heavy (non-hydrogen) atoms. The number of benzene rings is 1. The predicted octanol–water partition coefficient (Wildman–Crippen LogP) is -0.0777. The number of carbonyl (C=O) groups is 1. The normalized spacial score (nSPS) is 14.8. The van der Waals surface area contributed by atoms with Crippen LogP contribution in [0.3, 0.4) is 0 Å². The molecule has 7 nitrogen and oxygen atoms in total. The Morgan fingerprint density at radius 3 is 2.75 bits per heavy atom. The third kappa shape index (κ3) is 3.39. The fraction of sp³-hybridized carbons (Fsp3) is 0.312. The van der Waals surface area contributed by atoms with E-state index in [-0.39, 0.29) is 5.56 Å². The van der Waals surface area contributed by atoms with E-state index in [2.05, 4.69) is 9.73 Å². The molecule has 0 bridgehead atoms. The van der Waals surface area contributed by atoms with E-state index in [0.717, 1.165) is 11.3 Å². The zero-order valence-corrected chi connectivity index (χ0v) is 14.2. The van der Waals surface area contributed by atoms with Crippen LogP contribution in [0.1, 0.15) is 5.56 Å². The van der Waals surface area contributed by atoms with Crippen LogP contribution in [0.5, 0.6) is 5.75 Å². The molecule has 0 fully saturated rings. The van der Waals surface area contributed by atoms with Crippen LogP contribution in [0.4, 0.5) is 0 Å². The van der Waals surface area contributed by atoms with Gasteiger partial charge in [0.05, 0.1) is 27.6 Å². The first-order valence-corrected chi connectivity index (χ1v) is 8.11. The molecule has 3 rings (SSSR count). The standard InChI is InChI=1S/C16H17N3O4S/c1-22-12-5-3-11(4-6-12)8-18-9-17-16-19(10-18)15(21)13(24-16)7-14(20)23-2/h3-7H,8-10H2,1-2H3. The monoisotopic (exact) mass is 347 g/mol. The highest BCUT2D eigenvalue weighted by Crippen LogP contribution is 2.13. The average Bonchev–Trinajstić information content (AvgIpc) is 2.91. The lowest BCUT2D eigenvalue weighted by molar-refractivity contribution is -0.133. The number of rotatable bonds is 4. The van der Waals surface area contributed by atoms with E-state index in [1.54, 1.807) is 11.7 Å². The SMILES string of the molecule is COC(=O)C=c1sc2n(c1=O)CN(Cc1ccc(OC)cc1)CN=2. The van der Waals surface area contributed by atoms with E-state index in [4.69, 9.17) is 4.74 Å². The van der Waals surface area contributed by atoms with Gasteiger partial charge in [0, 0.05) is 12.6 Å². The lowest BCUT2D eigenvalue weighted by Gasteiger charge is -2.23. The number of methoxy groups -OCH3 is 2. The van der Waals surface area contributed by atoms with Crippen molar-refractivity contribution in [1.82, 2.24) is 9.47 Å². The fourth-order valence-corrected chi connectivity index (χ4v) is 3.33. The van der Waals surface area contributed by atoms with Gasteiger partial charge in [-0.15, -0.1) is 0 Å². The number of hydrogen-bond acceptors (Lipinski definition) is 7. The van der Waals surface area contributed by atoms with Gasteiger partial charge in [-0.05, 0) is 17.7 Å². The molecule has 0 unspecified atom stereocenters. The Balaban J connectivity index is 1.80. The number of nitrogens with zero attached hydrogens (tertiary/aromatic N) is 3. The van der Waals surface area contributed by atoms with Crippen LogP contribution in [-0.4, -0.2) is 36.3 Å². The maximum absolute atomic E-state index is 12.4. The molecule has 126 valence electrons. The van der Waals surface area contributed by atoms with Gasteiger partial charge < -0.3 is 9.47 Å². The molecule has 8 heteroatoms. The summed E-state index contributed by atoms with van der Waals surface area (Å²) in [6, 6.07) is 7.78. The van der Waals surface area contributed by atoms with Crippen molar-refractivity contribution in [3.8, 4) is 5.75 Å². The first kappa shape index (κ1) is 16.4. The van der Waals surface area contributed by atoms with Gasteiger partial charge in [-0.2, -0.15) is 0 Å². The van der Waals surface area contributed by atoms with Crippen LogP contribution in [0, 0.1) is 0 Å². The lowest BCUT2D eigenvalue weighted by atomic mass is 10.2. The summed E-state index contributed by atoms with van der Waals surface area (Å²) in [5.74, 6) is 0.266. The van der Waals surface area contributed by atoms with Crippen molar-refractivity contribution in [2.24, 2.45) is 4.99 Å². The Labute approximate surface area is 142 Å². The summed E-state index contributed by atoms with van der Waals surface area (Å²) >= 11 is 1.20. The average molecular weight is 347 g/mol. The second kappa shape index (κ2) is 6.98. The molecule has 1 aliphatic rings. The van der Waals surface area contributed by atoms with Crippen LogP contribution in [0.2, 0.25) is 0 Å². The van der Waals surface area contributed by atoms with Crippen molar-refractivity contribution in [3.63, 3.8) is 0 Å². The number of carbonyl (C=O) groups excluding carboxylic acids is 1. The molecule has 0 amide bonds. The summed E-state index contributed by atoms with van der Waals surface area (Å²) in [5, 5.41) is 0. The van der Waals surface area contributed by atoms with E-state index < -0.39 is 5.97 Å². The maximum atomic E-state index is 12.4. The van der Waals surface area contributed by atoms with Crippen molar-refractivity contribution >= 4 is 23.4 Å². The zero-order valence-electron chi connectivity index (χ0n) is 13.4. The van der Waals surface area contributed by atoms with Gasteiger partial charge in [0.2, 0.25) is 0 Å². The van der Waals surface area contributed by atoms with E-state index in [1.807, 2.05) is 29.2 Å². The number of esters is 1.